The van der Waals surface area contributed by atoms with Gasteiger partial charge in [0.15, 0.2) is 0 Å². The largest absolute Gasteiger partial charge is 0.496 e. The average Bonchev–Trinajstić information content (AvgIpc) is 2.34. The minimum atomic E-state index is -0.165. The first-order valence-electron chi connectivity index (χ1n) is 5.14. The Morgan fingerprint density at radius 1 is 1.31 bits per heavy atom. The molecule has 1 unspecified atom stereocenters. The monoisotopic (exact) mass is 219 g/mol. The van der Waals surface area contributed by atoms with Gasteiger partial charge in [-0.1, -0.05) is 6.07 Å². The van der Waals surface area contributed by atoms with Crippen molar-refractivity contribution in [1.29, 1.82) is 0 Å². The SMILES string of the molecule is C#CCCC(N)c1c(OC)cccc1OC. The number of nitrogens with two attached hydrogens (primary N) is 1. The van der Waals surface area contributed by atoms with E-state index in [-0.39, 0.29) is 6.04 Å². The Balaban J connectivity index is 3.03. The molecule has 0 radical (unpaired) electrons. The molecule has 3 nitrogen and oxygen atoms in total. The van der Waals surface area contributed by atoms with Crippen molar-refractivity contribution in [3.05, 3.63) is 23.8 Å². The molecule has 0 aliphatic heterocycles. The van der Waals surface area contributed by atoms with E-state index in [9.17, 15) is 0 Å². The van der Waals surface area contributed by atoms with Crippen LogP contribution in [0, 0.1) is 12.3 Å². The third-order valence-corrected chi connectivity index (χ3v) is 2.44. The molecule has 1 aromatic rings. The van der Waals surface area contributed by atoms with E-state index in [1.54, 1.807) is 14.2 Å². The smallest absolute Gasteiger partial charge is 0.127 e. The van der Waals surface area contributed by atoms with Crippen molar-refractivity contribution in [2.45, 2.75) is 18.9 Å². The maximum Gasteiger partial charge on any atom is 0.127 e. The van der Waals surface area contributed by atoms with E-state index in [0.29, 0.717) is 12.8 Å². The maximum atomic E-state index is 6.08. The highest BCUT2D eigenvalue weighted by Gasteiger charge is 2.16. The standard InChI is InChI=1S/C13H17NO2/c1-4-5-7-10(14)13-11(15-2)8-6-9-12(13)16-3/h1,6,8-10H,5,7,14H2,2-3H3. The number of hydrogen-bond acceptors (Lipinski definition) is 3. The summed E-state index contributed by atoms with van der Waals surface area (Å²) >= 11 is 0. The Morgan fingerprint density at radius 2 is 1.88 bits per heavy atom. The fourth-order valence-corrected chi connectivity index (χ4v) is 1.63. The number of terminal acetylenes is 1. The fraction of sp³-hybridized carbons (Fsp3) is 0.385. The summed E-state index contributed by atoms with van der Waals surface area (Å²) in [6, 6.07) is 5.44. The van der Waals surface area contributed by atoms with Crippen LogP contribution in [-0.4, -0.2) is 14.2 Å². The van der Waals surface area contributed by atoms with Gasteiger partial charge in [0.1, 0.15) is 11.5 Å². The van der Waals surface area contributed by atoms with E-state index < -0.39 is 0 Å². The molecule has 1 aromatic carbocycles. The van der Waals surface area contributed by atoms with Crippen molar-refractivity contribution < 1.29 is 9.47 Å². The van der Waals surface area contributed by atoms with E-state index in [1.165, 1.54) is 0 Å². The number of methoxy groups -OCH3 is 2. The van der Waals surface area contributed by atoms with Gasteiger partial charge >= 0.3 is 0 Å². The van der Waals surface area contributed by atoms with Gasteiger partial charge in [0.25, 0.3) is 0 Å². The Kier molecular flexibility index (Phi) is 4.68. The first kappa shape index (κ1) is 12.4. The van der Waals surface area contributed by atoms with Crippen LogP contribution in [0.5, 0.6) is 11.5 Å². The van der Waals surface area contributed by atoms with Crippen LogP contribution in [0.2, 0.25) is 0 Å². The second-order valence-corrected chi connectivity index (χ2v) is 3.43. The van der Waals surface area contributed by atoms with Gasteiger partial charge in [0, 0.05) is 12.5 Å². The van der Waals surface area contributed by atoms with Gasteiger partial charge in [-0.3, -0.25) is 0 Å². The number of ether oxygens (including phenoxy) is 2. The summed E-state index contributed by atoms with van der Waals surface area (Å²) in [7, 11) is 3.23. The van der Waals surface area contributed by atoms with Gasteiger partial charge in [0.2, 0.25) is 0 Å². The van der Waals surface area contributed by atoms with Gasteiger partial charge in [-0.2, -0.15) is 0 Å². The van der Waals surface area contributed by atoms with Crippen LogP contribution in [-0.2, 0) is 0 Å². The van der Waals surface area contributed by atoms with Crippen LogP contribution in [0.15, 0.2) is 18.2 Å². The molecule has 0 fully saturated rings. The lowest BCUT2D eigenvalue weighted by atomic mass is 10.0. The minimum Gasteiger partial charge on any atom is -0.496 e. The molecular weight excluding hydrogens is 202 g/mol. The van der Waals surface area contributed by atoms with Gasteiger partial charge in [-0.05, 0) is 18.6 Å². The third kappa shape index (κ3) is 2.68. The van der Waals surface area contributed by atoms with Crippen LogP contribution in [0.3, 0.4) is 0 Å². The summed E-state index contributed by atoms with van der Waals surface area (Å²) in [5.74, 6) is 4.06. The quantitative estimate of drug-likeness (QED) is 0.771. The first-order chi connectivity index (χ1) is 7.74. The van der Waals surface area contributed by atoms with Gasteiger partial charge in [-0.25, -0.2) is 0 Å². The van der Waals surface area contributed by atoms with Crippen LogP contribution in [0.1, 0.15) is 24.4 Å². The lowest BCUT2D eigenvalue weighted by Gasteiger charge is -2.18. The highest BCUT2D eigenvalue weighted by Crippen LogP contribution is 2.34. The summed E-state index contributed by atoms with van der Waals surface area (Å²) < 4.78 is 10.6. The number of hydrogen-bond donors (Lipinski definition) is 1. The lowest BCUT2D eigenvalue weighted by Crippen LogP contribution is -2.12. The van der Waals surface area contributed by atoms with Gasteiger partial charge < -0.3 is 15.2 Å². The van der Waals surface area contributed by atoms with Crippen molar-refractivity contribution in [2.75, 3.05) is 14.2 Å². The molecule has 0 aromatic heterocycles. The molecule has 0 aliphatic carbocycles. The predicted molar refractivity (Wildman–Crippen MR) is 64.5 cm³/mol. The van der Waals surface area contributed by atoms with E-state index in [4.69, 9.17) is 21.6 Å². The highest BCUT2D eigenvalue weighted by atomic mass is 16.5. The van der Waals surface area contributed by atoms with Crippen molar-refractivity contribution in [3.63, 3.8) is 0 Å². The van der Waals surface area contributed by atoms with E-state index >= 15 is 0 Å². The molecule has 16 heavy (non-hydrogen) atoms. The lowest BCUT2D eigenvalue weighted by molar-refractivity contribution is 0.377. The van der Waals surface area contributed by atoms with E-state index in [0.717, 1.165) is 17.1 Å². The summed E-state index contributed by atoms with van der Waals surface area (Å²) in [5.41, 5.74) is 6.96. The summed E-state index contributed by atoms with van der Waals surface area (Å²) in [6.07, 6.45) is 6.58. The van der Waals surface area contributed by atoms with E-state index in [1.807, 2.05) is 18.2 Å². The molecule has 1 rings (SSSR count). The molecule has 86 valence electrons. The summed E-state index contributed by atoms with van der Waals surface area (Å²) in [5, 5.41) is 0. The summed E-state index contributed by atoms with van der Waals surface area (Å²) in [4.78, 5) is 0. The Morgan fingerprint density at radius 3 is 2.31 bits per heavy atom. The first-order valence-corrected chi connectivity index (χ1v) is 5.14. The number of benzene rings is 1. The zero-order valence-corrected chi connectivity index (χ0v) is 9.69. The molecule has 0 spiro atoms. The maximum absolute atomic E-state index is 6.08. The molecule has 1 atom stereocenters. The Labute approximate surface area is 96.6 Å². The average molecular weight is 219 g/mol. The number of rotatable bonds is 5. The normalized spacial score (nSPS) is 11.6. The molecule has 0 saturated carbocycles. The fourth-order valence-electron chi connectivity index (χ4n) is 1.63. The minimum absolute atomic E-state index is 0.165. The second-order valence-electron chi connectivity index (χ2n) is 3.43. The molecule has 0 heterocycles. The summed E-state index contributed by atoms with van der Waals surface area (Å²) in [6.45, 7) is 0. The molecule has 3 heteroatoms. The van der Waals surface area contributed by atoms with Crippen molar-refractivity contribution in [3.8, 4) is 23.8 Å². The zero-order chi connectivity index (χ0) is 12.0. The van der Waals surface area contributed by atoms with Crippen LogP contribution < -0.4 is 15.2 Å². The highest BCUT2D eigenvalue weighted by molar-refractivity contribution is 5.46. The Hall–Kier alpha value is -1.66. The molecular formula is C13H17NO2. The topological polar surface area (TPSA) is 44.5 Å². The van der Waals surface area contributed by atoms with Crippen molar-refractivity contribution >= 4 is 0 Å². The predicted octanol–water partition coefficient (Wildman–Crippen LogP) is 2.12. The third-order valence-electron chi connectivity index (χ3n) is 2.44. The van der Waals surface area contributed by atoms with Crippen molar-refractivity contribution in [1.82, 2.24) is 0 Å². The Bertz CT molecular complexity index is 360. The molecule has 0 saturated heterocycles. The zero-order valence-electron chi connectivity index (χ0n) is 9.69. The van der Waals surface area contributed by atoms with Crippen LogP contribution >= 0.6 is 0 Å². The van der Waals surface area contributed by atoms with Crippen LogP contribution in [0.4, 0.5) is 0 Å². The van der Waals surface area contributed by atoms with E-state index in [2.05, 4.69) is 5.92 Å². The molecule has 0 aliphatic rings. The molecule has 0 amide bonds. The molecule has 0 bridgehead atoms. The van der Waals surface area contributed by atoms with Gasteiger partial charge in [0.05, 0.1) is 19.8 Å². The van der Waals surface area contributed by atoms with Gasteiger partial charge in [-0.15, -0.1) is 12.3 Å². The van der Waals surface area contributed by atoms with Crippen molar-refractivity contribution in [2.24, 2.45) is 5.73 Å². The van der Waals surface area contributed by atoms with Crippen LogP contribution in [0.25, 0.3) is 0 Å². The molecule has 2 N–H and O–H groups in total. The second kappa shape index (κ2) is 6.04.